The summed E-state index contributed by atoms with van der Waals surface area (Å²) >= 11 is 3.41. The standard InChI is InChI=1S/C15H19BrO4/c1-10-8-13(16)9-12(4-5-14(17)18)15(10)20-11(2)6-7-19-3/h4-5,8-9,11H,6-7H2,1-3H3,(H,17,18)/b5-4+. The van der Waals surface area contributed by atoms with E-state index in [1.807, 2.05) is 26.0 Å². The molecule has 0 aliphatic rings. The van der Waals surface area contributed by atoms with Crippen molar-refractivity contribution in [3.8, 4) is 5.75 Å². The maximum Gasteiger partial charge on any atom is 0.328 e. The van der Waals surface area contributed by atoms with Gasteiger partial charge in [-0.15, -0.1) is 0 Å². The molecule has 0 saturated carbocycles. The normalized spacial score (nSPS) is 12.6. The van der Waals surface area contributed by atoms with E-state index in [4.69, 9.17) is 14.6 Å². The number of carbonyl (C=O) groups is 1. The predicted molar refractivity (Wildman–Crippen MR) is 82.1 cm³/mol. The molecule has 110 valence electrons. The van der Waals surface area contributed by atoms with E-state index in [0.717, 1.165) is 28.1 Å². The minimum absolute atomic E-state index is 0.00759. The molecular weight excluding hydrogens is 324 g/mol. The molecule has 20 heavy (non-hydrogen) atoms. The Morgan fingerprint density at radius 3 is 2.80 bits per heavy atom. The molecule has 1 aromatic carbocycles. The van der Waals surface area contributed by atoms with Gasteiger partial charge in [-0.05, 0) is 37.6 Å². The number of methoxy groups -OCH3 is 1. The van der Waals surface area contributed by atoms with E-state index < -0.39 is 5.97 Å². The molecule has 0 amide bonds. The Balaban J connectivity index is 3.00. The second kappa shape index (κ2) is 8.07. The minimum Gasteiger partial charge on any atom is -0.490 e. The van der Waals surface area contributed by atoms with Crippen LogP contribution in [0.3, 0.4) is 0 Å². The van der Waals surface area contributed by atoms with Gasteiger partial charge in [0.15, 0.2) is 0 Å². The number of halogens is 1. The number of aryl methyl sites for hydroxylation is 1. The van der Waals surface area contributed by atoms with Gasteiger partial charge in [0.2, 0.25) is 0 Å². The van der Waals surface area contributed by atoms with Crippen LogP contribution in [0.1, 0.15) is 24.5 Å². The third-order valence-electron chi connectivity index (χ3n) is 2.72. The molecule has 4 nitrogen and oxygen atoms in total. The first kappa shape index (κ1) is 16.7. The van der Waals surface area contributed by atoms with Gasteiger partial charge in [0.25, 0.3) is 0 Å². The van der Waals surface area contributed by atoms with Gasteiger partial charge in [-0.1, -0.05) is 15.9 Å². The highest BCUT2D eigenvalue weighted by molar-refractivity contribution is 9.10. The van der Waals surface area contributed by atoms with E-state index in [1.165, 1.54) is 0 Å². The first-order valence-electron chi connectivity index (χ1n) is 6.30. The van der Waals surface area contributed by atoms with E-state index in [0.29, 0.717) is 12.4 Å². The zero-order valence-electron chi connectivity index (χ0n) is 11.9. The lowest BCUT2D eigenvalue weighted by Crippen LogP contribution is -2.15. The topological polar surface area (TPSA) is 55.8 Å². The van der Waals surface area contributed by atoms with Gasteiger partial charge in [0.1, 0.15) is 5.75 Å². The van der Waals surface area contributed by atoms with Gasteiger partial charge in [0, 0.05) is 36.2 Å². The summed E-state index contributed by atoms with van der Waals surface area (Å²) in [5, 5.41) is 8.75. The summed E-state index contributed by atoms with van der Waals surface area (Å²) < 4.78 is 11.8. The monoisotopic (exact) mass is 342 g/mol. The molecule has 1 aromatic rings. The molecule has 1 unspecified atom stereocenters. The fourth-order valence-electron chi connectivity index (χ4n) is 1.75. The van der Waals surface area contributed by atoms with Crippen LogP contribution in [0, 0.1) is 6.92 Å². The average Bonchev–Trinajstić information content (AvgIpc) is 2.37. The quantitative estimate of drug-likeness (QED) is 0.768. The van der Waals surface area contributed by atoms with Crippen molar-refractivity contribution in [3.63, 3.8) is 0 Å². The Morgan fingerprint density at radius 1 is 1.50 bits per heavy atom. The van der Waals surface area contributed by atoms with Gasteiger partial charge in [0.05, 0.1) is 6.10 Å². The molecule has 0 aliphatic heterocycles. The third kappa shape index (κ3) is 5.35. The van der Waals surface area contributed by atoms with Crippen molar-refractivity contribution in [1.82, 2.24) is 0 Å². The van der Waals surface area contributed by atoms with Crippen molar-refractivity contribution in [1.29, 1.82) is 0 Å². The summed E-state index contributed by atoms with van der Waals surface area (Å²) in [5.74, 6) is -0.282. The lowest BCUT2D eigenvalue weighted by molar-refractivity contribution is -0.131. The number of carboxylic acid groups (broad SMARTS) is 1. The highest BCUT2D eigenvalue weighted by Gasteiger charge is 2.11. The summed E-state index contributed by atoms with van der Waals surface area (Å²) in [6.45, 7) is 4.52. The van der Waals surface area contributed by atoms with Crippen LogP contribution in [0.2, 0.25) is 0 Å². The number of carboxylic acids is 1. The van der Waals surface area contributed by atoms with Crippen molar-refractivity contribution in [2.45, 2.75) is 26.4 Å². The maximum absolute atomic E-state index is 10.7. The summed E-state index contributed by atoms with van der Waals surface area (Å²) in [5.41, 5.74) is 1.69. The maximum atomic E-state index is 10.7. The molecule has 5 heteroatoms. The van der Waals surface area contributed by atoms with Crippen molar-refractivity contribution < 1.29 is 19.4 Å². The van der Waals surface area contributed by atoms with Crippen molar-refractivity contribution in [3.05, 3.63) is 33.8 Å². The summed E-state index contributed by atoms with van der Waals surface area (Å²) in [7, 11) is 1.65. The van der Waals surface area contributed by atoms with Crippen LogP contribution in [0.25, 0.3) is 6.08 Å². The minimum atomic E-state index is -0.985. The van der Waals surface area contributed by atoms with E-state index in [9.17, 15) is 4.79 Å². The highest BCUT2D eigenvalue weighted by Crippen LogP contribution is 2.30. The van der Waals surface area contributed by atoms with Gasteiger partial charge in [-0.25, -0.2) is 4.79 Å². The van der Waals surface area contributed by atoms with Crippen LogP contribution in [-0.2, 0) is 9.53 Å². The van der Waals surface area contributed by atoms with E-state index in [1.54, 1.807) is 13.2 Å². The molecule has 0 bridgehead atoms. The fourth-order valence-corrected chi connectivity index (χ4v) is 2.34. The smallest absolute Gasteiger partial charge is 0.328 e. The Hall–Kier alpha value is -1.33. The zero-order chi connectivity index (χ0) is 15.1. The molecule has 1 atom stereocenters. The number of aliphatic carboxylic acids is 1. The molecular formula is C15H19BrO4. The van der Waals surface area contributed by atoms with Gasteiger partial charge in [-0.2, -0.15) is 0 Å². The molecule has 0 radical (unpaired) electrons. The Morgan fingerprint density at radius 2 is 2.20 bits per heavy atom. The van der Waals surface area contributed by atoms with Gasteiger partial charge < -0.3 is 14.6 Å². The number of ether oxygens (including phenoxy) is 2. The highest BCUT2D eigenvalue weighted by atomic mass is 79.9. The summed E-state index contributed by atoms with van der Waals surface area (Å²) in [6.07, 6.45) is 3.41. The SMILES string of the molecule is COCCC(C)Oc1c(C)cc(Br)cc1/C=C/C(=O)O. The largest absolute Gasteiger partial charge is 0.490 e. The van der Waals surface area contributed by atoms with Gasteiger partial charge >= 0.3 is 5.97 Å². The first-order chi connectivity index (χ1) is 9.43. The Labute approximate surface area is 127 Å². The van der Waals surface area contributed by atoms with Crippen molar-refractivity contribution >= 4 is 28.0 Å². The average molecular weight is 343 g/mol. The molecule has 1 rings (SSSR count). The van der Waals surface area contributed by atoms with E-state index in [-0.39, 0.29) is 6.10 Å². The number of benzene rings is 1. The van der Waals surface area contributed by atoms with Crippen LogP contribution < -0.4 is 4.74 Å². The van der Waals surface area contributed by atoms with Crippen LogP contribution >= 0.6 is 15.9 Å². The molecule has 0 spiro atoms. The fraction of sp³-hybridized carbons (Fsp3) is 0.400. The molecule has 0 aliphatic carbocycles. The lowest BCUT2D eigenvalue weighted by atomic mass is 10.1. The number of hydrogen-bond acceptors (Lipinski definition) is 3. The van der Waals surface area contributed by atoms with Gasteiger partial charge in [-0.3, -0.25) is 0 Å². The van der Waals surface area contributed by atoms with E-state index in [2.05, 4.69) is 15.9 Å². The third-order valence-corrected chi connectivity index (χ3v) is 3.18. The summed E-state index contributed by atoms with van der Waals surface area (Å²) in [6, 6.07) is 3.78. The Kier molecular flexibility index (Phi) is 6.75. The van der Waals surface area contributed by atoms with E-state index >= 15 is 0 Å². The number of hydrogen-bond donors (Lipinski definition) is 1. The predicted octanol–water partition coefficient (Wildman–Crippen LogP) is 3.66. The first-order valence-corrected chi connectivity index (χ1v) is 7.10. The molecule has 0 aromatic heterocycles. The second-order valence-electron chi connectivity index (χ2n) is 4.52. The van der Waals surface area contributed by atoms with Crippen LogP contribution in [0.15, 0.2) is 22.7 Å². The lowest BCUT2D eigenvalue weighted by Gasteiger charge is -2.18. The molecule has 0 saturated heterocycles. The van der Waals surface area contributed by atoms with Crippen LogP contribution in [0.5, 0.6) is 5.75 Å². The molecule has 1 N–H and O–H groups in total. The molecule has 0 heterocycles. The zero-order valence-corrected chi connectivity index (χ0v) is 13.4. The second-order valence-corrected chi connectivity index (χ2v) is 5.44. The molecule has 0 fully saturated rings. The van der Waals surface area contributed by atoms with Crippen molar-refractivity contribution in [2.24, 2.45) is 0 Å². The van der Waals surface area contributed by atoms with Crippen LogP contribution in [0.4, 0.5) is 0 Å². The van der Waals surface area contributed by atoms with Crippen molar-refractivity contribution in [2.75, 3.05) is 13.7 Å². The number of rotatable bonds is 7. The summed E-state index contributed by atoms with van der Waals surface area (Å²) in [4.78, 5) is 10.7. The Bertz CT molecular complexity index is 497. The van der Waals surface area contributed by atoms with Crippen LogP contribution in [-0.4, -0.2) is 30.9 Å².